The number of hydrogen-bond donors (Lipinski definition) is 2. The number of nitrogens with zero attached hydrogens (tertiary/aromatic N) is 1. The molecule has 0 bridgehead atoms. The standard InChI is InChI=1S/C22H22ClNO6/c1-29-10-4-9-24-19(13-5-3-6-15(25)11-13)18(21(27)22(24)28)20(26)14-7-8-17(30-2)16(23)12-14/h3,5-8,11-12,19,25-26H,4,9-10H2,1-2H3/b20-18-. The summed E-state index contributed by atoms with van der Waals surface area (Å²) in [5, 5.41) is 21.2. The third-order valence-corrected chi connectivity index (χ3v) is 5.19. The number of ketones is 1. The van der Waals surface area contributed by atoms with Crippen LogP contribution in [0, 0.1) is 0 Å². The number of hydrogen-bond acceptors (Lipinski definition) is 6. The molecule has 1 unspecified atom stereocenters. The molecule has 7 nitrogen and oxygen atoms in total. The van der Waals surface area contributed by atoms with Crippen molar-refractivity contribution in [2.24, 2.45) is 0 Å². The number of amides is 1. The third kappa shape index (κ3) is 4.13. The molecule has 1 aliphatic rings. The Bertz CT molecular complexity index is 1000. The van der Waals surface area contributed by atoms with Crippen molar-refractivity contribution in [2.75, 3.05) is 27.4 Å². The quantitative estimate of drug-likeness (QED) is 0.301. The molecule has 3 rings (SSSR count). The van der Waals surface area contributed by atoms with Crippen LogP contribution in [-0.4, -0.2) is 54.2 Å². The smallest absolute Gasteiger partial charge is 0.295 e. The van der Waals surface area contributed by atoms with Crippen LogP contribution in [0.1, 0.15) is 23.6 Å². The zero-order chi connectivity index (χ0) is 21.8. The molecule has 1 fully saturated rings. The number of rotatable bonds is 7. The van der Waals surface area contributed by atoms with E-state index in [1.165, 1.54) is 30.2 Å². The Hall–Kier alpha value is -3.03. The largest absolute Gasteiger partial charge is 0.508 e. The van der Waals surface area contributed by atoms with Gasteiger partial charge in [0.05, 0.1) is 23.7 Å². The Morgan fingerprint density at radius 2 is 1.93 bits per heavy atom. The van der Waals surface area contributed by atoms with Crippen LogP contribution in [0.15, 0.2) is 48.0 Å². The third-order valence-electron chi connectivity index (χ3n) is 4.90. The van der Waals surface area contributed by atoms with Gasteiger partial charge in [0.2, 0.25) is 0 Å². The summed E-state index contributed by atoms with van der Waals surface area (Å²) in [4.78, 5) is 27.0. The Balaban J connectivity index is 2.13. The number of likely N-dealkylation sites (tertiary alicyclic amines) is 1. The van der Waals surface area contributed by atoms with E-state index in [9.17, 15) is 19.8 Å². The van der Waals surface area contributed by atoms with Crippen LogP contribution >= 0.6 is 11.6 Å². The fourth-order valence-electron chi connectivity index (χ4n) is 3.50. The van der Waals surface area contributed by atoms with Gasteiger partial charge in [-0.2, -0.15) is 0 Å². The van der Waals surface area contributed by atoms with Crippen LogP contribution in [0.4, 0.5) is 0 Å². The SMILES string of the molecule is COCCCN1C(=O)C(=O)/C(=C(\O)c2ccc(OC)c(Cl)c2)C1c1cccc(O)c1. The van der Waals surface area contributed by atoms with E-state index in [1.807, 2.05) is 0 Å². The first-order chi connectivity index (χ1) is 14.4. The van der Waals surface area contributed by atoms with E-state index in [2.05, 4.69) is 0 Å². The number of carbonyl (C=O) groups is 2. The lowest BCUT2D eigenvalue weighted by Gasteiger charge is -2.25. The summed E-state index contributed by atoms with van der Waals surface area (Å²) in [6.45, 7) is 0.655. The number of aliphatic hydroxyl groups excluding tert-OH is 1. The molecule has 0 aromatic heterocycles. The zero-order valence-corrected chi connectivity index (χ0v) is 17.3. The first-order valence-corrected chi connectivity index (χ1v) is 9.67. The average molecular weight is 432 g/mol. The van der Waals surface area contributed by atoms with Crippen LogP contribution in [0.25, 0.3) is 5.76 Å². The predicted molar refractivity (Wildman–Crippen MR) is 112 cm³/mol. The molecule has 0 saturated carbocycles. The topological polar surface area (TPSA) is 96.3 Å². The van der Waals surface area contributed by atoms with Gasteiger partial charge in [-0.15, -0.1) is 0 Å². The van der Waals surface area contributed by atoms with Crippen molar-refractivity contribution in [3.8, 4) is 11.5 Å². The first-order valence-electron chi connectivity index (χ1n) is 9.29. The Morgan fingerprint density at radius 3 is 2.57 bits per heavy atom. The maximum absolute atomic E-state index is 12.9. The maximum atomic E-state index is 12.9. The van der Waals surface area contributed by atoms with E-state index in [0.29, 0.717) is 24.3 Å². The summed E-state index contributed by atoms with van der Waals surface area (Å²) in [5.74, 6) is -1.47. The lowest BCUT2D eigenvalue weighted by molar-refractivity contribution is -0.140. The number of ether oxygens (including phenoxy) is 2. The van der Waals surface area contributed by atoms with Crippen molar-refractivity contribution in [1.82, 2.24) is 4.90 Å². The summed E-state index contributed by atoms with van der Waals surface area (Å²) in [6.07, 6.45) is 0.507. The van der Waals surface area contributed by atoms with Crippen LogP contribution in [0.2, 0.25) is 5.02 Å². The molecular formula is C22H22ClNO6. The van der Waals surface area contributed by atoms with Crippen LogP contribution in [-0.2, 0) is 14.3 Å². The molecule has 0 spiro atoms. The van der Waals surface area contributed by atoms with E-state index >= 15 is 0 Å². The minimum Gasteiger partial charge on any atom is -0.508 e. The second-order valence-electron chi connectivity index (χ2n) is 6.78. The molecule has 2 aromatic carbocycles. The van der Waals surface area contributed by atoms with Crippen molar-refractivity contribution in [3.05, 3.63) is 64.2 Å². The Kier molecular flexibility index (Phi) is 6.64. The minimum absolute atomic E-state index is 0.0116. The summed E-state index contributed by atoms with van der Waals surface area (Å²) < 4.78 is 10.2. The number of carbonyl (C=O) groups excluding carboxylic acids is 2. The highest BCUT2D eigenvalue weighted by atomic mass is 35.5. The molecule has 158 valence electrons. The molecule has 8 heteroatoms. The van der Waals surface area contributed by atoms with E-state index in [0.717, 1.165) is 0 Å². The first kappa shape index (κ1) is 21.7. The van der Waals surface area contributed by atoms with Crippen molar-refractivity contribution < 1.29 is 29.3 Å². The number of benzene rings is 2. The number of halogens is 1. The molecule has 1 amide bonds. The van der Waals surface area contributed by atoms with Gasteiger partial charge in [-0.1, -0.05) is 23.7 Å². The van der Waals surface area contributed by atoms with Gasteiger partial charge >= 0.3 is 0 Å². The highest BCUT2D eigenvalue weighted by molar-refractivity contribution is 6.46. The predicted octanol–water partition coefficient (Wildman–Crippen LogP) is 3.51. The number of aliphatic hydroxyl groups is 1. The summed E-state index contributed by atoms with van der Waals surface area (Å²) >= 11 is 6.16. The molecule has 0 radical (unpaired) electrons. The molecule has 1 saturated heterocycles. The summed E-state index contributed by atoms with van der Waals surface area (Å²) in [7, 11) is 3.02. The van der Waals surface area contributed by atoms with E-state index in [4.69, 9.17) is 21.1 Å². The van der Waals surface area contributed by atoms with Gasteiger partial charge in [-0.3, -0.25) is 9.59 Å². The fraction of sp³-hybridized carbons (Fsp3) is 0.273. The van der Waals surface area contributed by atoms with Gasteiger partial charge in [0.1, 0.15) is 17.3 Å². The number of phenols is 1. The highest BCUT2D eigenvalue weighted by Gasteiger charge is 2.45. The zero-order valence-electron chi connectivity index (χ0n) is 16.6. The molecule has 1 heterocycles. The molecule has 2 aromatic rings. The number of methoxy groups -OCH3 is 2. The number of phenolic OH excluding ortho intramolecular Hbond substituents is 1. The molecule has 1 aliphatic heterocycles. The molecule has 2 N–H and O–H groups in total. The number of aromatic hydroxyl groups is 1. The van der Waals surface area contributed by atoms with Gasteiger partial charge < -0.3 is 24.6 Å². The van der Waals surface area contributed by atoms with Crippen LogP contribution in [0.3, 0.4) is 0 Å². The fourth-order valence-corrected chi connectivity index (χ4v) is 3.76. The van der Waals surface area contributed by atoms with Crippen molar-refractivity contribution in [2.45, 2.75) is 12.5 Å². The Labute approximate surface area is 179 Å². The van der Waals surface area contributed by atoms with Crippen molar-refractivity contribution in [1.29, 1.82) is 0 Å². The van der Waals surface area contributed by atoms with E-state index in [-0.39, 0.29) is 34.2 Å². The van der Waals surface area contributed by atoms with Gasteiger partial charge in [0.25, 0.3) is 11.7 Å². The van der Waals surface area contributed by atoms with Crippen LogP contribution in [0.5, 0.6) is 11.5 Å². The van der Waals surface area contributed by atoms with Crippen molar-refractivity contribution >= 4 is 29.1 Å². The van der Waals surface area contributed by atoms with E-state index < -0.39 is 17.7 Å². The molecular weight excluding hydrogens is 410 g/mol. The maximum Gasteiger partial charge on any atom is 0.295 e. The monoisotopic (exact) mass is 431 g/mol. The molecule has 0 aliphatic carbocycles. The summed E-state index contributed by atoms with van der Waals surface area (Å²) in [6, 6.07) is 9.99. The van der Waals surface area contributed by atoms with E-state index in [1.54, 1.807) is 31.4 Å². The van der Waals surface area contributed by atoms with Gasteiger partial charge in [0.15, 0.2) is 0 Å². The van der Waals surface area contributed by atoms with Crippen molar-refractivity contribution in [3.63, 3.8) is 0 Å². The molecule has 1 atom stereocenters. The highest BCUT2D eigenvalue weighted by Crippen LogP contribution is 2.41. The molecule has 30 heavy (non-hydrogen) atoms. The summed E-state index contributed by atoms with van der Waals surface area (Å²) in [5.41, 5.74) is 0.720. The minimum atomic E-state index is -0.852. The van der Waals surface area contributed by atoms with Crippen LogP contribution < -0.4 is 4.74 Å². The van der Waals surface area contributed by atoms with Gasteiger partial charge in [-0.25, -0.2) is 0 Å². The second kappa shape index (κ2) is 9.19. The normalized spacial score (nSPS) is 18.1. The lowest BCUT2D eigenvalue weighted by Crippen LogP contribution is -2.31. The van der Waals surface area contributed by atoms with Gasteiger partial charge in [-0.05, 0) is 42.3 Å². The van der Waals surface area contributed by atoms with Gasteiger partial charge in [0, 0.05) is 25.8 Å². The lowest BCUT2D eigenvalue weighted by atomic mass is 9.95. The Morgan fingerprint density at radius 1 is 1.17 bits per heavy atom. The average Bonchev–Trinajstić information content (AvgIpc) is 2.98. The second-order valence-corrected chi connectivity index (χ2v) is 7.19. The number of Topliss-reactive ketones (excluding diaryl/α,β-unsaturated/α-hetero) is 1.